The van der Waals surface area contributed by atoms with Crippen LogP contribution in [0.5, 0.6) is 5.75 Å². The standard InChI is InChI=1S/C20H21NO2/c1-11-10-20(2,3)21-16-7-6-15-14-5-4-13(22)8-12(14)9-17(23)19(15)18(11)16/h4-8,10,16,18,21-22H,9H2,1-3H3. The average molecular weight is 307 g/mol. The number of allylic oxidation sites excluding steroid dienone is 2. The first-order chi connectivity index (χ1) is 10.9. The van der Waals surface area contributed by atoms with Gasteiger partial charge in [-0.3, -0.25) is 4.79 Å². The second-order valence-corrected chi connectivity index (χ2v) is 7.39. The first-order valence-electron chi connectivity index (χ1n) is 8.10. The van der Waals surface area contributed by atoms with Gasteiger partial charge >= 0.3 is 0 Å². The predicted molar refractivity (Wildman–Crippen MR) is 91.1 cm³/mol. The lowest BCUT2D eigenvalue weighted by atomic mass is 9.69. The summed E-state index contributed by atoms with van der Waals surface area (Å²) < 4.78 is 0. The Hall–Kier alpha value is -2.13. The fourth-order valence-electron chi connectivity index (χ4n) is 4.34. The highest BCUT2D eigenvalue weighted by molar-refractivity contribution is 6.10. The third-order valence-corrected chi connectivity index (χ3v) is 5.08. The zero-order chi connectivity index (χ0) is 16.4. The maximum absolute atomic E-state index is 12.8. The van der Waals surface area contributed by atoms with Gasteiger partial charge in [-0.05, 0) is 49.6 Å². The molecule has 1 heterocycles. The summed E-state index contributed by atoms with van der Waals surface area (Å²) in [5.41, 5.74) is 5.13. The molecule has 0 saturated carbocycles. The van der Waals surface area contributed by atoms with Gasteiger partial charge in [-0.15, -0.1) is 0 Å². The Morgan fingerprint density at radius 2 is 2.09 bits per heavy atom. The fourth-order valence-corrected chi connectivity index (χ4v) is 4.34. The number of ketones is 1. The summed E-state index contributed by atoms with van der Waals surface area (Å²) in [6.45, 7) is 6.44. The van der Waals surface area contributed by atoms with E-state index in [-0.39, 0.29) is 29.0 Å². The van der Waals surface area contributed by atoms with Crippen molar-refractivity contribution in [1.29, 1.82) is 0 Å². The number of rotatable bonds is 0. The number of phenols is 1. The minimum absolute atomic E-state index is 0.0605. The van der Waals surface area contributed by atoms with Gasteiger partial charge in [-0.25, -0.2) is 0 Å². The van der Waals surface area contributed by atoms with Crippen LogP contribution in [0.4, 0.5) is 0 Å². The lowest BCUT2D eigenvalue weighted by molar-refractivity contribution is -0.115. The van der Waals surface area contributed by atoms with E-state index in [0.29, 0.717) is 6.42 Å². The Morgan fingerprint density at radius 3 is 2.87 bits per heavy atom. The van der Waals surface area contributed by atoms with Crippen LogP contribution in [0.25, 0.3) is 5.57 Å². The molecule has 2 unspecified atom stereocenters. The van der Waals surface area contributed by atoms with Gasteiger partial charge in [0.2, 0.25) is 0 Å². The first kappa shape index (κ1) is 14.5. The van der Waals surface area contributed by atoms with E-state index in [1.165, 1.54) is 5.57 Å². The summed E-state index contributed by atoms with van der Waals surface area (Å²) in [4.78, 5) is 12.8. The van der Waals surface area contributed by atoms with Crippen molar-refractivity contribution in [1.82, 2.24) is 5.32 Å². The molecule has 1 aliphatic heterocycles. The zero-order valence-corrected chi connectivity index (χ0v) is 13.7. The molecule has 3 aliphatic rings. The summed E-state index contributed by atoms with van der Waals surface area (Å²) >= 11 is 0. The third-order valence-electron chi connectivity index (χ3n) is 5.08. The number of hydrogen-bond acceptors (Lipinski definition) is 3. The van der Waals surface area contributed by atoms with Gasteiger partial charge in [-0.1, -0.05) is 29.9 Å². The molecule has 2 atom stereocenters. The molecule has 1 aromatic rings. The van der Waals surface area contributed by atoms with Crippen LogP contribution in [-0.4, -0.2) is 22.5 Å². The molecule has 4 rings (SSSR count). The highest BCUT2D eigenvalue weighted by Crippen LogP contribution is 2.43. The summed E-state index contributed by atoms with van der Waals surface area (Å²) in [6.07, 6.45) is 6.86. The molecule has 3 nitrogen and oxygen atoms in total. The van der Waals surface area contributed by atoms with E-state index in [1.807, 2.05) is 6.07 Å². The third kappa shape index (κ3) is 2.19. The van der Waals surface area contributed by atoms with E-state index >= 15 is 0 Å². The number of benzene rings is 1. The van der Waals surface area contributed by atoms with Crippen molar-refractivity contribution in [3.8, 4) is 5.75 Å². The second kappa shape index (κ2) is 4.68. The summed E-state index contributed by atoms with van der Waals surface area (Å²) in [5, 5.41) is 13.3. The summed E-state index contributed by atoms with van der Waals surface area (Å²) in [5.74, 6) is 0.500. The Labute approximate surface area is 136 Å². The Bertz CT molecular complexity index is 811. The SMILES string of the molecule is CC1=CC(C)(C)NC2C=CC3=C(C(=O)Cc4cc(O)ccc43)C12. The van der Waals surface area contributed by atoms with E-state index < -0.39 is 0 Å². The predicted octanol–water partition coefficient (Wildman–Crippen LogP) is 3.15. The van der Waals surface area contributed by atoms with E-state index in [4.69, 9.17) is 0 Å². The van der Waals surface area contributed by atoms with E-state index in [1.54, 1.807) is 12.1 Å². The van der Waals surface area contributed by atoms with Crippen LogP contribution in [-0.2, 0) is 11.2 Å². The molecule has 0 amide bonds. The normalized spacial score (nSPS) is 28.0. The van der Waals surface area contributed by atoms with Crippen LogP contribution >= 0.6 is 0 Å². The van der Waals surface area contributed by atoms with Crippen LogP contribution in [0, 0.1) is 5.92 Å². The molecule has 0 bridgehead atoms. The van der Waals surface area contributed by atoms with Crippen molar-refractivity contribution in [2.45, 2.75) is 38.8 Å². The molecule has 0 fully saturated rings. The molecule has 2 N–H and O–H groups in total. The van der Waals surface area contributed by atoms with Crippen LogP contribution in [0.1, 0.15) is 31.9 Å². The topological polar surface area (TPSA) is 49.3 Å². The van der Waals surface area contributed by atoms with Crippen LogP contribution in [0.15, 0.2) is 47.6 Å². The smallest absolute Gasteiger partial charge is 0.164 e. The van der Waals surface area contributed by atoms with Gasteiger partial charge in [0.25, 0.3) is 0 Å². The maximum Gasteiger partial charge on any atom is 0.164 e. The van der Waals surface area contributed by atoms with Gasteiger partial charge in [0.1, 0.15) is 5.75 Å². The molecule has 0 saturated heterocycles. The van der Waals surface area contributed by atoms with Crippen molar-refractivity contribution in [2.24, 2.45) is 5.92 Å². The van der Waals surface area contributed by atoms with Gasteiger partial charge in [0.15, 0.2) is 5.78 Å². The molecule has 118 valence electrons. The van der Waals surface area contributed by atoms with Crippen molar-refractivity contribution in [3.05, 3.63) is 58.7 Å². The van der Waals surface area contributed by atoms with Crippen molar-refractivity contribution in [3.63, 3.8) is 0 Å². The number of phenolic OH excluding ortho intramolecular Hbond substituents is 1. The Balaban J connectivity index is 1.90. The molecular weight excluding hydrogens is 286 g/mol. The highest BCUT2D eigenvalue weighted by Gasteiger charge is 2.41. The minimum Gasteiger partial charge on any atom is -0.508 e. The summed E-state index contributed by atoms with van der Waals surface area (Å²) in [7, 11) is 0. The lowest BCUT2D eigenvalue weighted by Crippen LogP contribution is -2.53. The number of aromatic hydroxyl groups is 1. The Kier molecular flexibility index (Phi) is 2.94. The van der Waals surface area contributed by atoms with Crippen molar-refractivity contribution < 1.29 is 9.90 Å². The van der Waals surface area contributed by atoms with Crippen molar-refractivity contribution >= 4 is 11.4 Å². The monoisotopic (exact) mass is 307 g/mol. The van der Waals surface area contributed by atoms with E-state index in [0.717, 1.165) is 22.3 Å². The number of carbonyl (C=O) groups excluding carboxylic acids is 1. The maximum atomic E-state index is 12.8. The zero-order valence-electron chi connectivity index (χ0n) is 13.7. The molecular formula is C20H21NO2. The second-order valence-electron chi connectivity index (χ2n) is 7.39. The molecule has 0 aromatic heterocycles. The lowest BCUT2D eigenvalue weighted by Gasteiger charge is -2.43. The average Bonchev–Trinajstić information content (AvgIpc) is 2.45. The quantitative estimate of drug-likeness (QED) is 0.724. The molecule has 0 radical (unpaired) electrons. The number of carbonyl (C=O) groups is 1. The largest absolute Gasteiger partial charge is 0.508 e. The molecule has 2 aliphatic carbocycles. The van der Waals surface area contributed by atoms with Crippen LogP contribution < -0.4 is 5.32 Å². The van der Waals surface area contributed by atoms with E-state index in [2.05, 4.69) is 44.3 Å². The van der Waals surface area contributed by atoms with Crippen LogP contribution in [0.2, 0.25) is 0 Å². The number of Topliss-reactive ketones (excluding diaryl/α,β-unsaturated/α-hetero) is 1. The van der Waals surface area contributed by atoms with Gasteiger partial charge in [-0.2, -0.15) is 0 Å². The first-order valence-corrected chi connectivity index (χ1v) is 8.10. The number of fused-ring (bicyclic) bond motifs is 4. The fraction of sp³-hybridized carbons (Fsp3) is 0.350. The van der Waals surface area contributed by atoms with Gasteiger partial charge in [0.05, 0.1) is 0 Å². The number of nitrogens with one attached hydrogen (secondary N) is 1. The molecule has 3 heteroatoms. The molecule has 1 aromatic carbocycles. The van der Waals surface area contributed by atoms with Gasteiger partial charge in [0, 0.05) is 29.5 Å². The number of hydrogen-bond donors (Lipinski definition) is 2. The molecule has 0 spiro atoms. The van der Waals surface area contributed by atoms with E-state index in [9.17, 15) is 9.90 Å². The highest BCUT2D eigenvalue weighted by atomic mass is 16.3. The molecule has 23 heavy (non-hydrogen) atoms. The van der Waals surface area contributed by atoms with Gasteiger partial charge < -0.3 is 10.4 Å². The summed E-state index contributed by atoms with van der Waals surface area (Å²) in [6, 6.07) is 5.50. The van der Waals surface area contributed by atoms with Crippen molar-refractivity contribution in [2.75, 3.05) is 0 Å². The Morgan fingerprint density at radius 1 is 1.30 bits per heavy atom. The minimum atomic E-state index is -0.0605. The van der Waals surface area contributed by atoms with Crippen LogP contribution in [0.3, 0.4) is 0 Å².